The topological polar surface area (TPSA) is 65.8 Å². The summed E-state index contributed by atoms with van der Waals surface area (Å²) in [6.07, 6.45) is 2.61. The number of nitrogens with one attached hydrogen (secondary N) is 1. The molecule has 0 radical (unpaired) electrons. The Labute approximate surface area is 197 Å². The molecule has 0 bridgehead atoms. The number of anilines is 2. The Hall–Kier alpha value is -4.05. The SMILES string of the molecule is O=C(Nc1ccc(N2CCC(N3CCCC3=O)C2)cc1)c1ccc(C#Cc2ccc(F)cc2)o1. The van der Waals surface area contributed by atoms with Crippen LogP contribution in [0.2, 0.25) is 0 Å². The van der Waals surface area contributed by atoms with Crippen molar-refractivity contribution in [2.45, 2.75) is 25.3 Å². The zero-order valence-corrected chi connectivity index (χ0v) is 18.6. The lowest BCUT2D eigenvalue weighted by atomic mass is 10.2. The molecular weight excluding hydrogens is 433 g/mol. The van der Waals surface area contributed by atoms with E-state index in [0.717, 1.165) is 38.2 Å². The number of likely N-dealkylation sites (tertiary alicyclic amines) is 1. The van der Waals surface area contributed by atoms with E-state index in [2.05, 4.69) is 22.1 Å². The van der Waals surface area contributed by atoms with Crippen molar-refractivity contribution < 1.29 is 18.4 Å². The summed E-state index contributed by atoms with van der Waals surface area (Å²) in [7, 11) is 0. The molecule has 172 valence electrons. The van der Waals surface area contributed by atoms with E-state index in [0.29, 0.717) is 23.4 Å². The second-order valence-electron chi connectivity index (χ2n) is 8.50. The highest BCUT2D eigenvalue weighted by Crippen LogP contribution is 2.27. The van der Waals surface area contributed by atoms with E-state index in [1.54, 1.807) is 24.3 Å². The van der Waals surface area contributed by atoms with Gasteiger partial charge in [0, 0.05) is 43.0 Å². The van der Waals surface area contributed by atoms with Crippen LogP contribution < -0.4 is 10.2 Å². The summed E-state index contributed by atoms with van der Waals surface area (Å²) in [5.74, 6) is 5.81. The lowest BCUT2D eigenvalue weighted by Crippen LogP contribution is -2.38. The second kappa shape index (κ2) is 9.44. The summed E-state index contributed by atoms with van der Waals surface area (Å²) < 4.78 is 18.5. The number of benzene rings is 2. The van der Waals surface area contributed by atoms with Gasteiger partial charge in [0.1, 0.15) is 5.82 Å². The van der Waals surface area contributed by atoms with Gasteiger partial charge >= 0.3 is 0 Å². The monoisotopic (exact) mass is 457 g/mol. The predicted molar refractivity (Wildman–Crippen MR) is 127 cm³/mol. The number of rotatable bonds is 4. The van der Waals surface area contributed by atoms with Gasteiger partial charge in [-0.15, -0.1) is 0 Å². The van der Waals surface area contributed by atoms with E-state index in [4.69, 9.17) is 4.42 Å². The minimum absolute atomic E-state index is 0.158. The summed E-state index contributed by atoms with van der Waals surface area (Å²) in [6, 6.07) is 17.0. The van der Waals surface area contributed by atoms with Crippen LogP contribution in [0.3, 0.4) is 0 Å². The molecule has 2 amide bonds. The lowest BCUT2D eigenvalue weighted by Gasteiger charge is -2.25. The van der Waals surface area contributed by atoms with Crippen LogP contribution in [0.4, 0.5) is 15.8 Å². The Morgan fingerprint density at radius 1 is 1.00 bits per heavy atom. The van der Waals surface area contributed by atoms with Crippen LogP contribution in [-0.4, -0.2) is 42.4 Å². The molecule has 3 heterocycles. The van der Waals surface area contributed by atoms with Gasteiger partial charge in [-0.2, -0.15) is 0 Å². The molecule has 3 aromatic rings. The minimum Gasteiger partial charge on any atom is -0.443 e. The molecular formula is C27H24FN3O3. The molecule has 2 aliphatic rings. The van der Waals surface area contributed by atoms with Gasteiger partial charge in [0.25, 0.3) is 5.91 Å². The number of furan rings is 1. The third kappa shape index (κ3) is 4.81. The van der Waals surface area contributed by atoms with Crippen molar-refractivity contribution in [2.24, 2.45) is 0 Å². The number of amides is 2. The molecule has 1 atom stereocenters. The largest absolute Gasteiger partial charge is 0.443 e. The van der Waals surface area contributed by atoms with Crippen LogP contribution in [0.25, 0.3) is 0 Å². The molecule has 0 aliphatic carbocycles. The average molecular weight is 458 g/mol. The van der Waals surface area contributed by atoms with Crippen molar-refractivity contribution in [1.82, 2.24) is 4.90 Å². The summed E-state index contributed by atoms with van der Waals surface area (Å²) in [5, 5.41) is 2.83. The van der Waals surface area contributed by atoms with Crippen molar-refractivity contribution in [3.63, 3.8) is 0 Å². The maximum atomic E-state index is 13.0. The van der Waals surface area contributed by atoms with Crippen LogP contribution in [0.1, 0.15) is 41.1 Å². The molecule has 2 saturated heterocycles. The predicted octanol–water partition coefficient (Wildman–Crippen LogP) is 4.27. The van der Waals surface area contributed by atoms with Gasteiger partial charge in [0.15, 0.2) is 11.5 Å². The zero-order valence-electron chi connectivity index (χ0n) is 18.6. The fourth-order valence-electron chi connectivity index (χ4n) is 4.43. The van der Waals surface area contributed by atoms with E-state index in [1.165, 1.54) is 12.1 Å². The highest BCUT2D eigenvalue weighted by Gasteiger charge is 2.33. The lowest BCUT2D eigenvalue weighted by molar-refractivity contribution is -0.129. The van der Waals surface area contributed by atoms with E-state index in [-0.39, 0.29) is 29.4 Å². The molecule has 2 aromatic carbocycles. The van der Waals surface area contributed by atoms with Gasteiger partial charge in [-0.25, -0.2) is 4.39 Å². The van der Waals surface area contributed by atoms with Crippen molar-refractivity contribution in [2.75, 3.05) is 29.9 Å². The molecule has 0 spiro atoms. The van der Waals surface area contributed by atoms with Crippen molar-refractivity contribution in [3.05, 3.63) is 83.6 Å². The molecule has 5 rings (SSSR count). The number of nitrogens with zero attached hydrogens (tertiary/aromatic N) is 2. The quantitative estimate of drug-likeness (QED) is 0.595. The molecule has 1 unspecified atom stereocenters. The zero-order chi connectivity index (χ0) is 23.5. The number of carbonyl (C=O) groups is 2. The van der Waals surface area contributed by atoms with Crippen molar-refractivity contribution in [3.8, 4) is 11.8 Å². The first kappa shape index (κ1) is 21.8. The van der Waals surface area contributed by atoms with Gasteiger partial charge in [0.2, 0.25) is 5.91 Å². The van der Waals surface area contributed by atoms with Crippen molar-refractivity contribution in [1.29, 1.82) is 0 Å². The average Bonchev–Trinajstić information content (AvgIpc) is 3.60. The third-order valence-electron chi connectivity index (χ3n) is 6.21. The molecule has 1 N–H and O–H groups in total. The van der Waals surface area contributed by atoms with Gasteiger partial charge in [-0.05, 0) is 79.4 Å². The smallest absolute Gasteiger partial charge is 0.291 e. The summed E-state index contributed by atoms with van der Waals surface area (Å²) >= 11 is 0. The number of hydrogen-bond acceptors (Lipinski definition) is 4. The highest BCUT2D eigenvalue weighted by molar-refractivity contribution is 6.02. The van der Waals surface area contributed by atoms with Crippen LogP contribution in [-0.2, 0) is 4.79 Å². The van der Waals surface area contributed by atoms with E-state index >= 15 is 0 Å². The van der Waals surface area contributed by atoms with Gasteiger partial charge in [0.05, 0.1) is 6.04 Å². The second-order valence-corrected chi connectivity index (χ2v) is 8.50. The van der Waals surface area contributed by atoms with E-state index in [1.807, 2.05) is 29.2 Å². The maximum Gasteiger partial charge on any atom is 0.291 e. The molecule has 34 heavy (non-hydrogen) atoms. The molecule has 1 aromatic heterocycles. The van der Waals surface area contributed by atoms with Gasteiger partial charge < -0.3 is 19.5 Å². The first-order chi connectivity index (χ1) is 16.5. The number of halogens is 1. The first-order valence-electron chi connectivity index (χ1n) is 11.4. The number of hydrogen-bond donors (Lipinski definition) is 1. The first-order valence-corrected chi connectivity index (χ1v) is 11.4. The Morgan fingerprint density at radius 2 is 1.79 bits per heavy atom. The minimum atomic E-state index is -0.364. The Bertz CT molecular complexity index is 1250. The number of carbonyl (C=O) groups excluding carboxylic acids is 2. The molecule has 2 fully saturated rings. The summed E-state index contributed by atoms with van der Waals surface area (Å²) in [6.45, 7) is 2.62. The molecule has 0 saturated carbocycles. The normalized spacial score (nSPS) is 17.6. The van der Waals surface area contributed by atoms with Crippen molar-refractivity contribution >= 4 is 23.2 Å². The van der Waals surface area contributed by atoms with Crippen LogP contribution in [0.15, 0.2) is 65.1 Å². The molecule has 2 aliphatic heterocycles. The third-order valence-corrected chi connectivity index (χ3v) is 6.21. The summed E-state index contributed by atoms with van der Waals surface area (Å²) in [5.41, 5.74) is 2.39. The van der Waals surface area contributed by atoms with Crippen LogP contribution in [0, 0.1) is 17.7 Å². The standard InChI is InChI=1S/C27H24FN3O3/c28-20-6-3-19(4-7-20)5-12-24-13-14-25(34-24)27(33)29-21-8-10-22(11-9-21)30-17-15-23(18-30)31-16-1-2-26(31)32/h3-4,6-11,13-14,23H,1-2,15-18H2,(H,29,33). The molecule has 7 heteroatoms. The fourth-order valence-corrected chi connectivity index (χ4v) is 4.43. The highest BCUT2D eigenvalue weighted by atomic mass is 19.1. The Morgan fingerprint density at radius 3 is 2.53 bits per heavy atom. The summed E-state index contributed by atoms with van der Waals surface area (Å²) in [4.78, 5) is 28.9. The van der Waals surface area contributed by atoms with E-state index < -0.39 is 0 Å². The van der Waals surface area contributed by atoms with Crippen LogP contribution in [0.5, 0.6) is 0 Å². The van der Waals surface area contributed by atoms with E-state index in [9.17, 15) is 14.0 Å². The maximum absolute atomic E-state index is 13.0. The van der Waals surface area contributed by atoms with Crippen LogP contribution >= 0.6 is 0 Å². The van der Waals surface area contributed by atoms with Gasteiger partial charge in [-0.1, -0.05) is 5.92 Å². The Balaban J connectivity index is 1.17. The molecule has 6 nitrogen and oxygen atoms in total. The Kier molecular flexibility index (Phi) is 6.05. The fraction of sp³-hybridized carbons (Fsp3) is 0.259. The van der Waals surface area contributed by atoms with Gasteiger partial charge in [-0.3, -0.25) is 9.59 Å².